The summed E-state index contributed by atoms with van der Waals surface area (Å²) in [5, 5.41) is 18.1. The monoisotopic (exact) mass is 550 g/mol. The average molecular weight is 551 g/mol. The minimum Gasteiger partial charge on any atom is -0.369 e. The van der Waals surface area contributed by atoms with Gasteiger partial charge in [-0.2, -0.15) is 9.57 Å². The van der Waals surface area contributed by atoms with E-state index in [0.29, 0.717) is 29.8 Å². The van der Waals surface area contributed by atoms with Crippen LogP contribution < -0.4 is 16.0 Å². The molecule has 1 saturated heterocycles. The van der Waals surface area contributed by atoms with Crippen LogP contribution in [0.1, 0.15) is 21.5 Å². The molecule has 1 atom stereocenters. The number of nitrogens with one attached hydrogen (secondary N) is 3. The van der Waals surface area contributed by atoms with Crippen molar-refractivity contribution >= 4 is 27.7 Å². The lowest BCUT2D eigenvalue weighted by molar-refractivity contribution is -0.123. The van der Waals surface area contributed by atoms with Crippen LogP contribution in [0.5, 0.6) is 0 Å². The second kappa shape index (κ2) is 12.0. The van der Waals surface area contributed by atoms with E-state index in [1.54, 1.807) is 48.5 Å². The van der Waals surface area contributed by atoms with Gasteiger partial charge in [-0.3, -0.25) is 9.59 Å². The van der Waals surface area contributed by atoms with E-state index in [0.717, 1.165) is 16.1 Å². The summed E-state index contributed by atoms with van der Waals surface area (Å²) in [5.74, 6) is -1.01. The zero-order chi connectivity index (χ0) is 28.0. The second-order valence-corrected chi connectivity index (χ2v) is 11.1. The zero-order valence-electron chi connectivity index (χ0n) is 21.1. The molecule has 2 amide bonds. The first-order valence-corrected chi connectivity index (χ1v) is 14.0. The third kappa shape index (κ3) is 7.16. The maximum Gasteiger partial charge on any atom is 0.255 e. The lowest BCUT2D eigenvalue weighted by atomic mass is 10.0. The van der Waals surface area contributed by atoms with Gasteiger partial charge in [0.2, 0.25) is 15.9 Å². The topological polar surface area (TPSA) is 144 Å². The molecule has 39 heavy (non-hydrogen) atoms. The lowest BCUT2D eigenvalue weighted by Gasteiger charge is -2.31. The van der Waals surface area contributed by atoms with Gasteiger partial charge >= 0.3 is 0 Å². The highest BCUT2D eigenvalue weighted by molar-refractivity contribution is 7.88. The third-order valence-corrected chi connectivity index (χ3v) is 7.36. The van der Waals surface area contributed by atoms with Crippen molar-refractivity contribution in [3.05, 3.63) is 83.2 Å². The van der Waals surface area contributed by atoms with Crippen LogP contribution >= 0.6 is 0 Å². The van der Waals surface area contributed by atoms with Gasteiger partial charge in [0, 0.05) is 25.2 Å². The number of aromatic nitrogens is 1. The standard InChI is InChI=1S/C27H27FN6O4S/c1-39(37,38)34-16-21(32-25(35)17-34)15-31-27(36)23-9-10-24(22-8-3-2-6-19(22)14-29)33-26(23)30-12-11-18-5-4-7-20(28)13-18/h2-10,13,21H,11-12,15-17H2,1H3,(H,30,33)(H,31,36)(H,32,35). The molecule has 1 aromatic heterocycles. The molecule has 1 unspecified atom stereocenters. The summed E-state index contributed by atoms with van der Waals surface area (Å²) < 4.78 is 38.4. The number of hydrogen-bond donors (Lipinski definition) is 3. The van der Waals surface area contributed by atoms with Crippen molar-refractivity contribution < 1.29 is 22.4 Å². The van der Waals surface area contributed by atoms with Crippen molar-refractivity contribution in [2.75, 3.05) is 37.8 Å². The minimum atomic E-state index is -3.57. The number of piperazine rings is 1. The molecule has 202 valence electrons. The number of rotatable bonds is 9. The summed E-state index contributed by atoms with van der Waals surface area (Å²) in [6.45, 7) is 0.115. The Bertz CT molecular complexity index is 1540. The summed E-state index contributed by atoms with van der Waals surface area (Å²) >= 11 is 0. The van der Waals surface area contributed by atoms with E-state index < -0.39 is 27.9 Å². The number of anilines is 1. The van der Waals surface area contributed by atoms with E-state index in [2.05, 4.69) is 27.0 Å². The number of benzene rings is 2. The van der Waals surface area contributed by atoms with Crippen molar-refractivity contribution in [1.82, 2.24) is 19.9 Å². The highest BCUT2D eigenvalue weighted by atomic mass is 32.2. The molecule has 1 fully saturated rings. The third-order valence-electron chi connectivity index (χ3n) is 6.15. The fourth-order valence-corrected chi connectivity index (χ4v) is 5.02. The minimum absolute atomic E-state index is 0.00164. The summed E-state index contributed by atoms with van der Waals surface area (Å²) in [6.07, 6.45) is 1.50. The normalized spacial score (nSPS) is 15.7. The van der Waals surface area contributed by atoms with Gasteiger partial charge in [-0.05, 0) is 42.3 Å². The van der Waals surface area contributed by atoms with Gasteiger partial charge in [0.15, 0.2) is 0 Å². The first kappa shape index (κ1) is 27.7. The number of nitriles is 1. The van der Waals surface area contributed by atoms with Gasteiger partial charge < -0.3 is 16.0 Å². The van der Waals surface area contributed by atoms with E-state index in [1.807, 2.05) is 0 Å². The molecule has 3 N–H and O–H groups in total. The molecule has 0 spiro atoms. The van der Waals surface area contributed by atoms with Crippen molar-refractivity contribution in [1.29, 1.82) is 5.26 Å². The molecule has 4 rings (SSSR count). The molecule has 0 aliphatic carbocycles. The van der Waals surface area contributed by atoms with E-state index >= 15 is 0 Å². The molecular formula is C27H27FN6O4S. The van der Waals surface area contributed by atoms with Gasteiger partial charge in [0.05, 0.1) is 41.7 Å². The number of amides is 2. The average Bonchev–Trinajstić information content (AvgIpc) is 2.91. The van der Waals surface area contributed by atoms with E-state index in [-0.39, 0.29) is 36.8 Å². The van der Waals surface area contributed by atoms with Crippen LogP contribution in [0.3, 0.4) is 0 Å². The van der Waals surface area contributed by atoms with Gasteiger partial charge in [-0.1, -0.05) is 30.3 Å². The van der Waals surface area contributed by atoms with Gasteiger partial charge in [-0.15, -0.1) is 0 Å². The number of hydrogen-bond acceptors (Lipinski definition) is 7. The summed E-state index contributed by atoms with van der Waals surface area (Å²) in [6, 6.07) is 17.9. The molecule has 0 bridgehead atoms. The first-order valence-electron chi connectivity index (χ1n) is 12.2. The molecule has 12 heteroatoms. The molecule has 2 heterocycles. The summed E-state index contributed by atoms with van der Waals surface area (Å²) in [5.41, 5.74) is 2.50. The van der Waals surface area contributed by atoms with Crippen LogP contribution in [0.2, 0.25) is 0 Å². The molecular weight excluding hydrogens is 523 g/mol. The SMILES string of the molecule is CS(=O)(=O)N1CC(=O)NC(CNC(=O)c2ccc(-c3ccccc3C#N)nc2NCCc2cccc(F)c2)C1. The number of carbonyl (C=O) groups is 2. The number of sulfonamides is 1. The molecule has 10 nitrogen and oxygen atoms in total. The van der Waals surface area contributed by atoms with Crippen LogP contribution in [-0.4, -0.2) is 68.0 Å². The maximum absolute atomic E-state index is 13.6. The van der Waals surface area contributed by atoms with E-state index in [9.17, 15) is 27.7 Å². The fraction of sp³-hybridized carbons (Fsp3) is 0.259. The van der Waals surface area contributed by atoms with Crippen LogP contribution in [0.25, 0.3) is 11.3 Å². The Morgan fingerprint density at radius 1 is 1.21 bits per heavy atom. The van der Waals surface area contributed by atoms with E-state index in [4.69, 9.17) is 0 Å². The quantitative estimate of drug-likeness (QED) is 0.369. The summed E-state index contributed by atoms with van der Waals surface area (Å²) in [7, 11) is -3.57. The second-order valence-electron chi connectivity index (χ2n) is 9.09. The van der Waals surface area contributed by atoms with Gasteiger partial charge in [0.1, 0.15) is 11.6 Å². The Kier molecular flexibility index (Phi) is 8.53. The molecule has 0 saturated carbocycles. The Morgan fingerprint density at radius 3 is 2.74 bits per heavy atom. The van der Waals surface area contributed by atoms with Crippen molar-refractivity contribution in [2.24, 2.45) is 0 Å². The van der Waals surface area contributed by atoms with Gasteiger partial charge in [0.25, 0.3) is 5.91 Å². The van der Waals surface area contributed by atoms with Crippen molar-refractivity contribution in [2.45, 2.75) is 12.5 Å². The van der Waals surface area contributed by atoms with Crippen LogP contribution in [0.15, 0.2) is 60.7 Å². The lowest BCUT2D eigenvalue weighted by Crippen LogP contribution is -2.58. The first-order chi connectivity index (χ1) is 18.6. The predicted octanol–water partition coefficient (Wildman–Crippen LogP) is 1.90. The Hall–Kier alpha value is -4.34. The fourth-order valence-electron chi connectivity index (χ4n) is 4.22. The number of nitrogens with zero attached hydrogens (tertiary/aromatic N) is 3. The molecule has 2 aromatic carbocycles. The van der Waals surface area contributed by atoms with Crippen molar-refractivity contribution in [3.8, 4) is 17.3 Å². The number of halogens is 1. The smallest absolute Gasteiger partial charge is 0.255 e. The van der Waals surface area contributed by atoms with Crippen LogP contribution in [0.4, 0.5) is 10.2 Å². The molecule has 1 aliphatic heterocycles. The Labute approximate surface area is 225 Å². The number of pyridine rings is 1. The molecule has 3 aromatic rings. The van der Waals surface area contributed by atoms with E-state index in [1.165, 1.54) is 12.1 Å². The number of carbonyl (C=O) groups excluding carboxylic acids is 2. The summed E-state index contributed by atoms with van der Waals surface area (Å²) in [4.78, 5) is 29.8. The Morgan fingerprint density at radius 2 is 2.00 bits per heavy atom. The van der Waals surface area contributed by atoms with Crippen LogP contribution in [0, 0.1) is 17.1 Å². The van der Waals surface area contributed by atoms with Crippen molar-refractivity contribution in [3.63, 3.8) is 0 Å². The largest absolute Gasteiger partial charge is 0.369 e. The van der Waals surface area contributed by atoms with Gasteiger partial charge in [-0.25, -0.2) is 17.8 Å². The molecule has 1 aliphatic rings. The highest BCUT2D eigenvalue weighted by Gasteiger charge is 2.30. The zero-order valence-corrected chi connectivity index (χ0v) is 22.0. The molecule has 0 radical (unpaired) electrons. The maximum atomic E-state index is 13.6. The van der Waals surface area contributed by atoms with Crippen LogP contribution in [-0.2, 0) is 21.2 Å². The Balaban J connectivity index is 1.54. The predicted molar refractivity (Wildman–Crippen MR) is 144 cm³/mol. The highest BCUT2D eigenvalue weighted by Crippen LogP contribution is 2.25.